The van der Waals surface area contributed by atoms with E-state index in [9.17, 15) is 19.5 Å². The Morgan fingerprint density at radius 1 is 1.21 bits per heavy atom. The van der Waals surface area contributed by atoms with Crippen molar-refractivity contribution < 1.29 is 19.5 Å². The number of carbonyl (C=O) groups excluding carboxylic acids is 3. The highest BCUT2D eigenvalue weighted by molar-refractivity contribution is 7.80. The van der Waals surface area contributed by atoms with E-state index in [4.69, 9.17) is 23.2 Å². The molecule has 2 amide bonds. The Morgan fingerprint density at radius 2 is 1.83 bits per heavy atom. The first-order valence-electron chi connectivity index (χ1n) is 7.05. The van der Waals surface area contributed by atoms with Gasteiger partial charge in [0.15, 0.2) is 0 Å². The molecule has 0 fully saturated rings. The van der Waals surface area contributed by atoms with Gasteiger partial charge in [-0.15, -0.1) is 0 Å². The summed E-state index contributed by atoms with van der Waals surface area (Å²) in [5.74, 6) is -3.08. The van der Waals surface area contributed by atoms with Gasteiger partial charge in [0.1, 0.15) is 6.04 Å². The van der Waals surface area contributed by atoms with Crippen LogP contribution in [0, 0.1) is 5.92 Å². The van der Waals surface area contributed by atoms with Gasteiger partial charge in [-0.3, -0.25) is 9.59 Å². The van der Waals surface area contributed by atoms with Crippen molar-refractivity contribution in [1.82, 2.24) is 10.6 Å². The molecule has 0 saturated carbocycles. The largest absolute Gasteiger partial charge is 0.548 e. The highest BCUT2D eigenvalue weighted by atomic mass is 35.5. The standard InChI is InChI=1S/C15H18Cl2N2O4S/c1-7(2)12(14(21)18-11(6-24)15(22)23)19-13(20)9-4-3-8(16)5-10(9)17/h3-5,7,11-12,24H,6H2,1-2H3,(H,18,21)(H,19,20)(H,22,23)/p-1/t11-,12-/m0/s1. The lowest BCUT2D eigenvalue weighted by Gasteiger charge is -2.25. The van der Waals surface area contributed by atoms with E-state index in [1.165, 1.54) is 18.2 Å². The molecule has 0 bridgehead atoms. The predicted molar refractivity (Wildman–Crippen MR) is 93.3 cm³/mol. The van der Waals surface area contributed by atoms with Gasteiger partial charge in [0.25, 0.3) is 5.91 Å². The minimum absolute atomic E-state index is 0.129. The van der Waals surface area contributed by atoms with Crippen molar-refractivity contribution in [2.45, 2.75) is 25.9 Å². The zero-order chi connectivity index (χ0) is 18.4. The number of carbonyl (C=O) groups is 3. The summed E-state index contributed by atoms with van der Waals surface area (Å²) in [5.41, 5.74) is 0.158. The number of thiol groups is 1. The van der Waals surface area contributed by atoms with E-state index in [1.807, 2.05) is 0 Å². The molecule has 2 N–H and O–H groups in total. The summed E-state index contributed by atoms with van der Waals surface area (Å²) in [6.07, 6.45) is 0. The number of carboxylic acids is 1. The summed E-state index contributed by atoms with van der Waals surface area (Å²) in [6.45, 7) is 3.42. The average Bonchev–Trinajstić information content (AvgIpc) is 2.48. The summed E-state index contributed by atoms with van der Waals surface area (Å²) in [5, 5.41) is 16.2. The Morgan fingerprint density at radius 3 is 2.29 bits per heavy atom. The van der Waals surface area contributed by atoms with Gasteiger partial charge in [0.05, 0.1) is 22.6 Å². The summed E-state index contributed by atoms with van der Waals surface area (Å²) >= 11 is 15.6. The Bertz CT molecular complexity index is 640. The third kappa shape index (κ3) is 5.58. The van der Waals surface area contributed by atoms with E-state index in [1.54, 1.807) is 13.8 Å². The molecule has 0 radical (unpaired) electrons. The van der Waals surface area contributed by atoms with Gasteiger partial charge < -0.3 is 20.5 Å². The molecule has 0 aliphatic carbocycles. The number of halogens is 2. The van der Waals surface area contributed by atoms with E-state index in [0.717, 1.165) is 0 Å². The van der Waals surface area contributed by atoms with Crippen LogP contribution in [0.4, 0.5) is 0 Å². The van der Waals surface area contributed by atoms with Crippen LogP contribution in [0.5, 0.6) is 0 Å². The zero-order valence-corrected chi connectivity index (χ0v) is 15.4. The second-order valence-corrected chi connectivity index (χ2v) is 6.59. The Labute approximate surface area is 155 Å². The van der Waals surface area contributed by atoms with E-state index >= 15 is 0 Å². The summed E-state index contributed by atoms with van der Waals surface area (Å²) in [7, 11) is 0. The van der Waals surface area contributed by atoms with Crippen LogP contribution in [0.3, 0.4) is 0 Å². The fourth-order valence-electron chi connectivity index (χ4n) is 1.87. The first-order valence-corrected chi connectivity index (χ1v) is 8.44. The maximum Gasteiger partial charge on any atom is 0.253 e. The molecular formula is C15H17Cl2N2O4S-. The number of rotatable bonds is 7. The average molecular weight is 392 g/mol. The lowest BCUT2D eigenvalue weighted by molar-refractivity contribution is -0.307. The van der Waals surface area contributed by atoms with Gasteiger partial charge in [-0.25, -0.2) is 0 Å². The maximum atomic E-state index is 12.3. The lowest BCUT2D eigenvalue weighted by atomic mass is 10.0. The third-order valence-corrected chi connectivity index (χ3v) is 4.11. The summed E-state index contributed by atoms with van der Waals surface area (Å²) < 4.78 is 0. The number of carboxylic acid groups (broad SMARTS) is 1. The zero-order valence-electron chi connectivity index (χ0n) is 13.0. The third-order valence-electron chi connectivity index (χ3n) is 3.20. The molecule has 9 heteroatoms. The van der Waals surface area contributed by atoms with Crippen LogP contribution in [0.25, 0.3) is 0 Å². The lowest BCUT2D eigenvalue weighted by Crippen LogP contribution is -2.56. The highest BCUT2D eigenvalue weighted by Gasteiger charge is 2.27. The number of amides is 2. The summed E-state index contributed by atoms with van der Waals surface area (Å²) in [6, 6.07) is 2.14. The van der Waals surface area contributed by atoms with Gasteiger partial charge in [-0.05, 0) is 24.1 Å². The minimum Gasteiger partial charge on any atom is -0.548 e. The van der Waals surface area contributed by atoms with E-state index in [0.29, 0.717) is 5.02 Å². The monoisotopic (exact) mass is 391 g/mol. The van der Waals surface area contributed by atoms with Crippen LogP contribution >= 0.6 is 35.8 Å². The molecule has 0 aliphatic heterocycles. The van der Waals surface area contributed by atoms with Crippen LogP contribution < -0.4 is 15.7 Å². The molecule has 1 aromatic rings. The van der Waals surface area contributed by atoms with Gasteiger partial charge in [0.2, 0.25) is 5.91 Å². The Hall–Kier alpha value is -1.44. The van der Waals surface area contributed by atoms with Gasteiger partial charge >= 0.3 is 0 Å². The molecule has 0 unspecified atom stereocenters. The molecule has 132 valence electrons. The van der Waals surface area contributed by atoms with E-state index in [2.05, 4.69) is 23.3 Å². The van der Waals surface area contributed by atoms with Crippen LogP contribution in [0.1, 0.15) is 24.2 Å². The topological polar surface area (TPSA) is 98.3 Å². The van der Waals surface area contributed by atoms with Crippen molar-refractivity contribution in [2.24, 2.45) is 5.92 Å². The van der Waals surface area contributed by atoms with E-state index < -0.39 is 29.9 Å². The van der Waals surface area contributed by atoms with Crippen molar-refractivity contribution in [3.8, 4) is 0 Å². The normalized spacial score (nSPS) is 13.2. The highest BCUT2D eigenvalue weighted by Crippen LogP contribution is 2.21. The van der Waals surface area contributed by atoms with Crippen LogP contribution in [0.15, 0.2) is 18.2 Å². The van der Waals surface area contributed by atoms with Gasteiger partial charge in [-0.1, -0.05) is 37.0 Å². The number of hydrogen-bond donors (Lipinski definition) is 3. The maximum absolute atomic E-state index is 12.3. The quantitative estimate of drug-likeness (QED) is 0.601. The predicted octanol–water partition coefficient (Wildman–Crippen LogP) is 0.912. The molecule has 0 aliphatic rings. The summed E-state index contributed by atoms with van der Waals surface area (Å²) in [4.78, 5) is 35.5. The van der Waals surface area contributed by atoms with Crippen LogP contribution in [0.2, 0.25) is 10.0 Å². The van der Waals surface area contributed by atoms with Crippen LogP contribution in [-0.4, -0.2) is 35.6 Å². The van der Waals surface area contributed by atoms with Crippen LogP contribution in [-0.2, 0) is 9.59 Å². The Kier molecular flexibility index (Phi) is 7.86. The molecule has 0 saturated heterocycles. The second-order valence-electron chi connectivity index (χ2n) is 5.38. The second kappa shape index (κ2) is 9.15. The van der Waals surface area contributed by atoms with Gasteiger partial charge in [-0.2, -0.15) is 12.6 Å². The van der Waals surface area contributed by atoms with Crippen molar-refractivity contribution in [3.05, 3.63) is 33.8 Å². The van der Waals surface area contributed by atoms with Crippen molar-refractivity contribution in [2.75, 3.05) is 5.75 Å². The molecule has 1 aromatic carbocycles. The van der Waals surface area contributed by atoms with Crippen molar-refractivity contribution >= 4 is 53.6 Å². The molecule has 6 nitrogen and oxygen atoms in total. The molecule has 1 rings (SSSR count). The fourth-order valence-corrected chi connectivity index (χ4v) is 2.60. The number of hydrogen-bond acceptors (Lipinski definition) is 5. The minimum atomic E-state index is -1.45. The molecule has 2 atom stereocenters. The number of aliphatic carboxylic acids is 1. The Balaban J connectivity index is 2.91. The first-order chi connectivity index (χ1) is 11.2. The molecule has 0 aromatic heterocycles. The molecular weight excluding hydrogens is 375 g/mol. The van der Waals surface area contributed by atoms with Gasteiger partial charge in [0, 0.05) is 10.8 Å². The van der Waals surface area contributed by atoms with Crippen molar-refractivity contribution in [3.63, 3.8) is 0 Å². The van der Waals surface area contributed by atoms with Crippen molar-refractivity contribution in [1.29, 1.82) is 0 Å². The SMILES string of the molecule is CC(C)[C@H](NC(=O)c1ccc(Cl)cc1Cl)C(=O)N[C@@H](CS)C(=O)[O-]. The number of nitrogens with one attached hydrogen (secondary N) is 2. The smallest absolute Gasteiger partial charge is 0.253 e. The molecule has 24 heavy (non-hydrogen) atoms. The van der Waals surface area contributed by atoms with E-state index in [-0.39, 0.29) is 22.3 Å². The number of benzene rings is 1. The molecule has 0 spiro atoms. The fraction of sp³-hybridized carbons (Fsp3) is 0.400. The first kappa shape index (κ1) is 20.6. The molecule has 0 heterocycles.